The molecule has 0 radical (unpaired) electrons. The maximum absolute atomic E-state index is 12.7. The molecule has 0 bridgehead atoms. The molecular weight excluding hydrogens is 332 g/mol. The van der Waals surface area contributed by atoms with Gasteiger partial charge in [0.15, 0.2) is 11.5 Å². The number of ether oxygens (including phenoxy) is 2. The number of carbonyl (C=O) groups excluding carboxylic acids is 1. The van der Waals surface area contributed by atoms with E-state index in [2.05, 4.69) is 10.2 Å². The van der Waals surface area contributed by atoms with E-state index in [-0.39, 0.29) is 18.1 Å². The lowest BCUT2D eigenvalue weighted by Crippen LogP contribution is -2.50. The molecule has 6 nitrogen and oxygen atoms in total. The molecule has 3 unspecified atom stereocenters. The highest BCUT2D eigenvalue weighted by Gasteiger charge is 2.35. The molecule has 2 aliphatic rings. The van der Waals surface area contributed by atoms with E-state index in [9.17, 15) is 4.79 Å². The minimum Gasteiger partial charge on any atom is -0.482 e. The summed E-state index contributed by atoms with van der Waals surface area (Å²) < 4.78 is 17.3. The Bertz CT molecular complexity index is 740. The largest absolute Gasteiger partial charge is 0.482 e. The first-order valence-corrected chi connectivity index (χ1v) is 9.20. The Balaban J connectivity index is 1.42. The third-order valence-corrected chi connectivity index (χ3v) is 5.02. The molecule has 3 atom stereocenters. The molecule has 1 aromatic heterocycles. The van der Waals surface area contributed by atoms with Gasteiger partial charge in [0.2, 0.25) is 6.10 Å². The molecule has 0 saturated carbocycles. The van der Waals surface area contributed by atoms with E-state index in [1.54, 1.807) is 6.26 Å². The second-order valence-corrected chi connectivity index (χ2v) is 6.83. The van der Waals surface area contributed by atoms with Gasteiger partial charge in [-0.3, -0.25) is 9.69 Å². The number of nitrogens with one attached hydrogen (secondary N) is 1. The average molecular weight is 356 g/mol. The van der Waals surface area contributed by atoms with Crippen molar-refractivity contribution in [2.45, 2.75) is 38.0 Å². The van der Waals surface area contributed by atoms with Crippen LogP contribution in [0.3, 0.4) is 0 Å². The van der Waals surface area contributed by atoms with Crippen molar-refractivity contribution in [1.29, 1.82) is 0 Å². The lowest BCUT2D eigenvalue weighted by Gasteiger charge is -2.32. The Morgan fingerprint density at radius 2 is 1.88 bits per heavy atom. The first-order valence-electron chi connectivity index (χ1n) is 9.20. The third-order valence-electron chi connectivity index (χ3n) is 5.02. The fourth-order valence-corrected chi connectivity index (χ4v) is 3.65. The molecule has 0 aliphatic carbocycles. The highest BCUT2D eigenvalue weighted by molar-refractivity contribution is 5.82. The van der Waals surface area contributed by atoms with Crippen LogP contribution in [-0.4, -0.2) is 42.6 Å². The van der Waals surface area contributed by atoms with Crippen LogP contribution >= 0.6 is 0 Å². The Morgan fingerprint density at radius 1 is 1.15 bits per heavy atom. The minimum atomic E-state index is -0.666. The van der Waals surface area contributed by atoms with Gasteiger partial charge < -0.3 is 19.2 Å². The lowest BCUT2D eigenvalue weighted by atomic mass is 10.1. The van der Waals surface area contributed by atoms with Crippen molar-refractivity contribution < 1.29 is 18.7 Å². The minimum absolute atomic E-state index is 0.0450. The topological polar surface area (TPSA) is 63.9 Å². The monoisotopic (exact) mass is 356 g/mol. The molecule has 138 valence electrons. The number of hydrogen-bond donors (Lipinski definition) is 1. The Morgan fingerprint density at radius 3 is 2.58 bits per heavy atom. The normalized spacial score (nSPS) is 23.6. The lowest BCUT2D eigenvalue weighted by molar-refractivity contribution is -0.133. The van der Waals surface area contributed by atoms with E-state index in [1.807, 2.05) is 43.3 Å². The third kappa shape index (κ3) is 3.42. The maximum atomic E-state index is 12.7. The summed E-state index contributed by atoms with van der Waals surface area (Å²) in [5.41, 5.74) is 0. The number of benzene rings is 1. The number of likely N-dealkylation sites (tertiary alicyclic amines) is 1. The van der Waals surface area contributed by atoms with Crippen molar-refractivity contribution in [2.24, 2.45) is 0 Å². The SMILES string of the molecule is CC1Oc2ccccc2OC1C(=O)NCC(c1ccco1)N1CCCC1. The first kappa shape index (κ1) is 17.0. The number of amides is 1. The van der Waals surface area contributed by atoms with E-state index >= 15 is 0 Å². The molecule has 3 heterocycles. The van der Waals surface area contributed by atoms with E-state index in [1.165, 1.54) is 12.8 Å². The van der Waals surface area contributed by atoms with Gasteiger partial charge in [-0.1, -0.05) is 12.1 Å². The second-order valence-electron chi connectivity index (χ2n) is 6.83. The zero-order chi connectivity index (χ0) is 17.9. The smallest absolute Gasteiger partial charge is 0.265 e. The predicted molar refractivity (Wildman–Crippen MR) is 96.2 cm³/mol. The number of fused-ring (bicyclic) bond motifs is 1. The molecule has 2 aromatic rings. The average Bonchev–Trinajstić information content (AvgIpc) is 3.35. The highest BCUT2D eigenvalue weighted by Crippen LogP contribution is 2.33. The van der Waals surface area contributed by atoms with Crippen molar-refractivity contribution >= 4 is 5.91 Å². The molecule has 6 heteroatoms. The summed E-state index contributed by atoms with van der Waals surface area (Å²) in [6.45, 7) is 4.38. The van der Waals surface area contributed by atoms with Crippen LogP contribution in [0.1, 0.15) is 31.6 Å². The van der Waals surface area contributed by atoms with Gasteiger partial charge >= 0.3 is 0 Å². The maximum Gasteiger partial charge on any atom is 0.265 e. The van der Waals surface area contributed by atoms with Crippen LogP contribution in [0.4, 0.5) is 0 Å². The van der Waals surface area contributed by atoms with Crippen LogP contribution in [0.5, 0.6) is 11.5 Å². The number of nitrogens with zero attached hydrogens (tertiary/aromatic N) is 1. The Labute approximate surface area is 153 Å². The molecule has 2 aliphatic heterocycles. The summed E-state index contributed by atoms with van der Waals surface area (Å²) in [4.78, 5) is 15.1. The summed E-state index contributed by atoms with van der Waals surface area (Å²) in [6.07, 6.45) is 3.02. The Hall–Kier alpha value is -2.47. The highest BCUT2D eigenvalue weighted by atomic mass is 16.6. The van der Waals surface area contributed by atoms with E-state index in [4.69, 9.17) is 13.9 Å². The summed E-state index contributed by atoms with van der Waals surface area (Å²) in [5, 5.41) is 3.03. The standard InChI is InChI=1S/C20H24N2O4/c1-14-19(26-18-8-3-2-7-17(18)25-14)20(23)21-13-15(16-9-6-12-24-16)22-10-4-5-11-22/h2-3,6-9,12,14-15,19H,4-5,10-11,13H2,1H3,(H,21,23). The summed E-state index contributed by atoms with van der Waals surface area (Å²) in [7, 11) is 0. The first-order chi connectivity index (χ1) is 12.7. The van der Waals surface area contributed by atoms with Crippen molar-refractivity contribution in [1.82, 2.24) is 10.2 Å². The zero-order valence-corrected chi connectivity index (χ0v) is 14.9. The molecule has 1 amide bonds. The molecule has 0 spiro atoms. The molecular formula is C20H24N2O4. The summed E-state index contributed by atoms with van der Waals surface area (Å²) in [6, 6.07) is 11.3. The number of furan rings is 1. The van der Waals surface area contributed by atoms with Gasteiger partial charge in [-0.15, -0.1) is 0 Å². The van der Waals surface area contributed by atoms with E-state index in [0.29, 0.717) is 18.0 Å². The predicted octanol–water partition coefficient (Wildman–Crippen LogP) is 2.76. The zero-order valence-electron chi connectivity index (χ0n) is 14.9. The van der Waals surface area contributed by atoms with Gasteiger partial charge in [0.1, 0.15) is 11.9 Å². The van der Waals surface area contributed by atoms with Gasteiger partial charge in [0.05, 0.1) is 12.3 Å². The van der Waals surface area contributed by atoms with Gasteiger partial charge in [-0.05, 0) is 57.1 Å². The van der Waals surface area contributed by atoms with Crippen LogP contribution in [0.15, 0.2) is 47.1 Å². The fourth-order valence-electron chi connectivity index (χ4n) is 3.65. The van der Waals surface area contributed by atoms with Crippen LogP contribution in [0.2, 0.25) is 0 Å². The van der Waals surface area contributed by atoms with Crippen LogP contribution < -0.4 is 14.8 Å². The molecule has 1 N–H and O–H groups in total. The quantitative estimate of drug-likeness (QED) is 0.892. The van der Waals surface area contributed by atoms with Gasteiger partial charge in [0.25, 0.3) is 5.91 Å². The number of rotatable bonds is 5. The van der Waals surface area contributed by atoms with Crippen molar-refractivity contribution in [3.63, 3.8) is 0 Å². The van der Waals surface area contributed by atoms with E-state index < -0.39 is 6.10 Å². The number of para-hydroxylation sites is 2. The van der Waals surface area contributed by atoms with Gasteiger partial charge in [-0.2, -0.15) is 0 Å². The number of hydrogen-bond acceptors (Lipinski definition) is 5. The van der Waals surface area contributed by atoms with Crippen LogP contribution in [0.25, 0.3) is 0 Å². The molecule has 26 heavy (non-hydrogen) atoms. The molecule has 1 fully saturated rings. The van der Waals surface area contributed by atoms with Crippen molar-refractivity contribution in [3.05, 3.63) is 48.4 Å². The summed E-state index contributed by atoms with van der Waals surface area (Å²) >= 11 is 0. The second kappa shape index (κ2) is 7.41. The van der Waals surface area contributed by atoms with Crippen molar-refractivity contribution in [3.8, 4) is 11.5 Å². The van der Waals surface area contributed by atoms with Crippen LogP contribution in [0, 0.1) is 0 Å². The van der Waals surface area contributed by atoms with Gasteiger partial charge in [0, 0.05) is 6.54 Å². The Kier molecular flexibility index (Phi) is 4.84. The molecule has 1 aromatic carbocycles. The van der Waals surface area contributed by atoms with E-state index in [0.717, 1.165) is 18.8 Å². The van der Waals surface area contributed by atoms with Crippen molar-refractivity contribution in [2.75, 3.05) is 19.6 Å². The molecule has 4 rings (SSSR count). The summed E-state index contributed by atoms with van der Waals surface area (Å²) in [5.74, 6) is 2.00. The fraction of sp³-hybridized carbons (Fsp3) is 0.450. The van der Waals surface area contributed by atoms with Gasteiger partial charge in [-0.25, -0.2) is 0 Å². The number of carbonyl (C=O) groups is 1. The van der Waals surface area contributed by atoms with Crippen LogP contribution in [-0.2, 0) is 4.79 Å². The molecule has 1 saturated heterocycles.